The van der Waals surface area contributed by atoms with Crippen LogP contribution in [-0.4, -0.2) is 15.9 Å². The Labute approximate surface area is 132 Å². The fourth-order valence-electron chi connectivity index (χ4n) is 2.50. The SMILES string of the molecule is O=C(Nc1ccc2nc(C3CC3)[nH]c2c1)c1ccccc1Cl. The first-order valence-electron chi connectivity index (χ1n) is 7.26. The van der Waals surface area contributed by atoms with E-state index in [1.165, 1.54) is 12.8 Å². The van der Waals surface area contributed by atoms with Crippen LogP contribution in [0.2, 0.25) is 5.02 Å². The fraction of sp³-hybridized carbons (Fsp3) is 0.176. The number of nitrogens with one attached hydrogen (secondary N) is 2. The minimum Gasteiger partial charge on any atom is -0.342 e. The predicted octanol–water partition coefficient (Wildman–Crippen LogP) is 4.35. The van der Waals surface area contributed by atoms with E-state index in [4.69, 9.17) is 11.6 Å². The number of aromatic amines is 1. The summed E-state index contributed by atoms with van der Waals surface area (Å²) in [6, 6.07) is 12.7. The lowest BCUT2D eigenvalue weighted by molar-refractivity contribution is 0.102. The van der Waals surface area contributed by atoms with Crippen LogP contribution in [0.4, 0.5) is 5.69 Å². The third-order valence-electron chi connectivity index (χ3n) is 3.84. The summed E-state index contributed by atoms with van der Waals surface area (Å²) in [6.07, 6.45) is 2.41. The van der Waals surface area contributed by atoms with Crippen LogP contribution in [0, 0.1) is 0 Å². The molecule has 0 aliphatic heterocycles. The fourth-order valence-corrected chi connectivity index (χ4v) is 2.72. The van der Waals surface area contributed by atoms with Crippen LogP contribution in [0.25, 0.3) is 11.0 Å². The Kier molecular flexibility index (Phi) is 3.12. The van der Waals surface area contributed by atoms with E-state index in [2.05, 4.69) is 15.3 Å². The summed E-state index contributed by atoms with van der Waals surface area (Å²) in [5.41, 5.74) is 3.06. The number of aromatic nitrogens is 2. The first kappa shape index (κ1) is 13.3. The molecule has 3 aromatic rings. The van der Waals surface area contributed by atoms with Crippen molar-refractivity contribution >= 4 is 34.2 Å². The van der Waals surface area contributed by atoms with Crippen molar-refractivity contribution < 1.29 is 4.79 Å². The van der Waals surface area contributed by atoms with Gasteiger partial charge >= 0.3 is 0 Å². The molecule has 1 heterocycles. The number of H-pyrrole nitrogens is 1. The van der Waals surface area contributed by atoms with Gasteiger partial charge in [0.2, 0.25) is 0 Å². The molecule has 0 atom stereocenters. The summed E-state index contributed by atoms with van der Waals surface area (Å²) in [5.74, 6) is 1.41. The zero-order chi connectivity index (χ0) is 15.1. The molecule has 0 radical (unpaired) electrons. The minimum absolute atomic E-state index is 0.216. The molecule has 5 heteroatoms. The van der Waals surface area contributed by atoms with Crippen LogP contribution in [0.1, 0.15) is 34.9 Å². The van der Waals surface area contributed by atoms with Gasteiger partial charge in [-0.05, 0) is 43.2 Å². The van der Waals surface area contributed by atoms with Crippen LogP contribution >= 0.6 is 11.6 Å². The topological polar surface area (TPSA) is 57.8 Å². The molecule has 110 valence electrons. The maximum atomic E-state index is 12.3. The molecule has 4 rings (SSSR count). The maximum Gasteiger partial charge on any atom is 0.257 e. The number of carbonyl (C=O) groups is 1. The summed E-state index contributed by atoms with van der Waals surface area (Å²) in [6.45, 7) is 0. The summed E-state index contributed by atoms with van der Waals surface area (Å²) >= 11 is 6.05. The summed E-state index contributed by atoms with van der Waals surface area (Å²) in [4.78, 5) is 20.2. The Hall–Kier alpha value is -2.33. The van der Waals surface area contributed by atoms with Gasteiger partial charge in [0.1, 0.15) is 5.82 Å². The van der Waals surface area contributed by atoms with Gasteiger partial charge in [0.05, 0.1) is 21.6 Å². The molecule has 1 aromatic heterocycles. The first-order valence-corrected chi connectivity index (χ1v) is 7.64. The Morgan fingerprint density at radius 1 is 1.23 bits per heavy atom. The van der Waals surface area contributed by atoms with Gasteiger partial charge in [-0.1, -0.05) is 23.7 Å². The number of rotatable bonds is 3. The third kappa shape index (κ3) is 2.46. The van der Waals surface area contributed by atoms with E-state index < -0.39 is 0 Å². The first-order chi connectivity index (χ1) is 10.7. The summed E-state index contributed by atoms with van der Waals surface area (Å²) < 4.78 is 0. The smallest absolute Gasteiger partial charge is 0.257 e. The molecule has 1 aliphatic rings. The van der Waals surface area contributed by atoms with Gasteiger partial charge in [0, 0.05) is 11.6 Å². The van der Waals surface area contributed by atoms with Crippen LogP contribution in [0.5, 0.6) is 0 Å². The van der Waals surface area contributed by atoms with Crippen molar-refractivity contribution in [2.75, 3.05) is 5.32 Å². The number of hydrogen-bond donors (Lipinski definition) is 2. The normalized spacial score (nSPS) is 14.2. The van der Waals surface area contributed by atoms with Crippen molar-refractivity contribution in [3.8, 4) is 0 Å². The van der Waals surface area contributed by atoms with Crippen LogP contribution in [0.15, 0.2) is 42.5 Å². The van der Waals surface area contributed by atoms with Crippen LogP contribution < -0.4 is 5.32 Å². The number of fused-ring (bicyclic) bond motifs is 1. The number of carbonyl (C=O) groups excluding carboxylic acids is 1. The predicted molar refractivity (Wildman–Crippen MR) is 87.5 cm³/mol. The highest BCUT2D eigenvalue weighted by molar-refractivity contribution is 6.34. The van der Waals surface area contributed by atoms with Crippen LogP contribution in [-0.2, 0) is 0 Å². The highest BCUT2D eigenvalue weighted by Crippen LogP contribution is 2.39. The second-order valence-corrected chi connectivity index (χ2v) is 5.97. The number of nitrogens with zero attached hydrogens (tertiary/aromatic N) is 1. The number of imidazole rings is 1. The molecule has 0 bridgehead atoms. The van der Waals surface area contributed by atoms with Gasteiger partial charge in [-0.15, -0.1) is 0 Å². The van der Waals surface area contributed by atoms with Crippen molar-refractivity contribution in [1.29, 1.82) is 0 Å². The molecule has 1 fully saturated rings. The van der Waals surface area contributed by atoms with Crippen molar-refractivity contribution in [2.45, 2.75) is 18.8 Å². The van der Waals surface area contributed by atoms with E-state index in [0.717, 1.165) is 22.5 Å². The van der Waals surface area contributed by atoms with Gasteiger partial charge in [0.15, 0.2) is 0 Å². The Bertz CT molecular complexity index is 867. The zero-order valence-electron chi connectivity index (χ0n) is 11.8. The van der Waals surface area contributed by atoms with E-state index in [1.807, 2.05) is 18.2 Å². The molecule has 0 saturated heterocycles. The molecule has 1 saturated carbocycles. The molecular formula is C17H14ClN3O. The standard InChI is InChI=1S/C17H14ClN3O/c18-13-4-2-1-3-12(13)17(22)19-11-7-8-14-15(9-11)21-16(20-14)10-5-6-10/h1-4,7-10H,5-6H2,(H,19,22)(H,20,21). The number of amides is 1. The molecule has 1 amide bonds. The molecule has 0 spiro atoms. The van der Waals surface area contributed by atoms with Crippen molar-refractivity contribution in [3.63, 3.8) is 0 Å². The number of benzene rings is 2. The molecule has 1 aliphatic carbocycles. The molecule has 2 N–H and O–H groups in total. The highest BCUT2D eigenvalue weighted by Gasteiger charge is 2.26. The largest absolute Gasteiger partial charge is 0.342 e. The average Bonchev–Trinajstić information content (AvgIpc) is 3.27. The van der Waals surface area contributed by atoms with Crippen LogP contribution in [0.3, 0.4) is 0 Å². The molecule has 0 unspecified atom stereocenters. The second kappa shape index (κ2) is 5.14. The van der Waals surface area contributed by atoms with E-state index in [0.29, 0.717) is 16.5 Å². The quantitative estimate of drug-likeness (QED) is 0.755. The highest BCUT2D eigenvalue weighted by atomic mass is 35.5. The Morgan fingerprint density at radius 2 is 2.05 bits per heavy atom. The minimum atomic E-state index is -0.216. The van der Waals surface area contributed by atoms with Gasteiger partial charge < -0.3 is 10.3 Å². The van der Waals surface area contributed by atoms with Crippen molar-refractivity contribution in [1.82, 2.24) is 9.97 Å². The van der Waals surface area contributed by atoms with E-state index in [-0.39, 0.29) is 5.91 Å². The number of halogens is 1. The lowest BCUT2D eigenvalue weighted by atomic mass is 10.2. The number of hydrogen-bond acceptors (Lipinski definition) is 2. The van der Waals surface area contributed by atoms with E-state index >= 15 is 0 Å². The van der Waals surface area contributed by atoms with Gasteiger partial charge in [0.25, 0.3) is 5.91 Å². The van der Waals surface area contributed by atoms with E-state index in [9.17, 15) is 4.79 Å². The molecule has 2 aromatic carbocycles. The average molecular weight is 312 g/mol. The van der Waals surface area contributed by atoms with Gasteiger partial charge in [-0.2, -0.15) is 0 Å². The van der Waals surface area contributed by atoms with Gasteiger partial charge in [-0.25, -0.2) is 4.98 Å². The zero-order valence-corrected chi connectivity index (χ0v) is 12.5. The van der Waals surface area contributed by atoms with Gasteiger partial charge in [-0.3, -0.25) is 4.79 Å². The Balaban J connectivity index is 1.61. The molecular weight excluding hydrogens is 298 g/mol. The lowest BCUT2D eigenvalue weighted by Gasteiger charge is -2.06. The summed E-state index contributed by atoms with van der Waals surface area (Å²) in [5, 5.41) is 3.32. The Morgan fingerprint density at radius 3 is 2.82 bits per heavy atom. The number of anilines is 1. The monoisotopic (exact) mass is 311 g/mol. The second-order valence-electron chi connectivity index (χ2n) is 5.56. The van der Waals surface area contributed by atoms with E-state index in [1.54, 1.807) is 24.3 Å². The summed E-state index contributed by atoms with van der Waals surface area (Å²) in [7, 11) is 0. The third-order valence-corrected chi connectivity index (χ3v) is 4.17. The van der Waals surface area contributed by atoms with Crippen molar-refractivity contribution in [2.24, 2.45) is 0 Å². The van der Waals surface area contributed by atoms with Crippen molar-refractivity contribution in [3.05, 3.63) is 58.9 Å². The molecule has 22 heavy (non-hydrogen) atoms. The lowest BCUT2D eigenvalue weighted by Crippen LogP contribution is -2.12. The molecule has 4 nitrogen and oxygen atoms in total. The maximum absolute atomic E-state index is 12.3.